The van der Waals surface area contributed by atoms with Crippen molar-refractivity contribution in [1.82, 2.24) is 9.47 Å². The van der Waals surface area contributed by atoms with Gasteiger partial charge in [-0.15, -0.1) is 0 Å². The topological polar surface area (TPSA) is 51.5 Å². The van der Waals surface area contributed by atoms with E-state index in [1.165, 1.54) is 35.0 Å². The Balaban J connectivity index is 2.19. The third kappa shape index (κ3) is 4.76. The quantitative estimate of drug-likeness (QED) is 0.731. The highest BCUT2D eigenvalue weighted by Gasteiger charge is 2.16. The molecule has 1 heterocycles. The fraction of sp³-hybridized carbons (Fsp3) is 0.333. The third-order valence-electron chi connectivity index (χ3n) is 3.68. The summed E-state index contributed by atoms with van der Waals surface area (Å²) in [7, 11) is 3.22. The maximum Gasteiger partial charge on any atom is 0.255 e. The molecular weight excluding hydrogens is 311 g/mol. The van der Waals surface area contributed by atoms with Crippen molar-refractivity contribution >= 4 is 5.91 Å². The molecule has 0 N–H and O–H groups in total. The molecule has 5 nitrogen and oxygen atoms in total. The summed E-state index contributed by atoms with van der Waals surface area (Å²) >= 11 is 0. The van der Waals surface area contributed by atoms with Gasteiger partial charge in [-0.2, -0.15) is 0 Å². The van der Waals surface area contributed by atoms with Crippen LogP contribution in [0.3, 0.4) is 0 Å². The van der Waals surface area contributed by atoms with Gasteiger partial charge in [-0.25, -0.2) is 4.39 Å². The molecule has 0 saturated carbocycles. The van der Waals surface area contributed by atoms with Crippen molar-refractivity contribution in [3.8, 4) is 0 Å². The molecule has 0 saturated heterocycles. The first kappa shape index (κ1) is 17.9. The molecule has 2 aromatic rings. The number of amides is 1. The molecule has 1 aromatic heterocycles. The number of carbonyl (C=O) groups is 1. The second-order valence-electron chi connectivity index (χ2n) is 5.57. The van der Waals surface area contributed by atoms with E-state index in [4.69, 9.17) is 4.74 Å². The number of pyridine rings is 1. The Kier molecular flexibility index (Phi) is 6.26. The number of hydrogen-bond acceptors (Lipinski definition) is 3. The van der Waals surface area contributed by atoms with E-state index in [1.807, 2.05) is 0 Å². The summed E-state index contributed by atoms with van der Waals surface area (Å²) < 4.78 is 19.5. The molecule has 0 spiro atoms. The molecule has 2 rings (SSSR count). The van der Waals surface area contributed by atoms with Crippen LogP contribution in [0.5, 0.6) is 0 Å². The number of carbonyl (C=O) groups excluding carboxylic acids is 1. The second kappa shape index (κ2) is 8.40. The van der Waals surface area contributed by atoms with Gasteiger partial charge in [0, 0.05) is 46.1 Å². The Morgan fingerprint density at radius 2 is 1.92 bits per heavy atom. The van der Waals surface area contributed by atoms with Gasteiger partial charge in [-0.1, -0.05) is 12.1 Å². The number of nitrogens with zero attached hydrogens (tertiary/aromatic N) is 2. The predicted octanol–water partition coefficient (Wildman–Crippen LogP) is 2.20. The van der Waals surface area contributed by atoms with Crippen molar-refractivity contribution in [3.63, 3.8) is 0 Å². The molecule has 0 fully saturated rings. The normalized spacial score (nSPS) is 10.6. The van der Waals surface area contributed by atoms with Crippen LogP contribution >= 0.6 is 0 Å². The van der Waals surface area contributed by atoms with Gasteiger partial charge < -0.3 is 14.2 Å². The number of halogens is 1. The first-order chi connectivity index (χ1) is 11.5. The number of benzene rings is 1. The summed E-state index contributed by atoms with van der Waals surface area (Å²) in [6.07, 6.45) is 2.22. The van der Waals surface area contributed by atoms with Crippen LogP contribution in [0.25, 0.3) is 0 Å². The molecule has 0 aliphatic rings. The van der Waals surface area contributed by atoms with Crippen LogP contribution in [0.4, 0.5) is 4.39 Å². The molecular formula is C18H21FN2O3. The number of ether oxygens (including phenoxy) is 1. The van der Waals surface area contributed by atoms with Crippen LogP contribution in [0.15, 0.2) is 47.4 Å². The second-order valence-corrected chi connectivity index (χ2v) is 5.57. The monoisotopic (exact) mass is 332 g/mol. The molecule has 24 heavy (non-hydrogen) atoms. The van der Waals surface area contributed by atoms with E-state index in [1.54, 1.807) is 31.2 Å². The maximum absolute atomic E-state index is 13.0. The van der Waals surface area contributed by atoms with E-state index in [2.05, 4.69) is 0 Å². The zero-order valence-electron chi connectivity index (χ0n) is 13.9. The number of rotatable bonds is 7. The van der Waals surface area contributed by atoms with E-state index in [9.17, 15) is 14.0 Å². The Morgan fingerprint density at radius 1 is 1.21 bits per heavy atom. The van der Waals surface area contributed by atoms with Gasteiger partial charge in [0.1, 0.15) is 5.82 Å². The fourth-order valence-corrected chi connectivity index (χ4v) is 2.37. The van der Waals surface area contributed by atoms with Crippen molar-refractivity contribution in [3.05, 3.63) is 69.9 Å². The van der Waals surface area contributed by atoms with E-state index in [0.29, 0.717) is 31.7 Å². The maximum atomic E-state index is 13.0. The van der Waals surface area contributed by atoms with Crippen LogP contribution in [0, 0.1) is 5.82 Å². The van der Waals surface area contributed by atoms with Crippen molar-refractivity contribution < 1.29 is 13.9 Å². The highest BCUT2D eigenvalue weighted by atomic mass is 19.1. The van der Waals surface area contributed by atoms with Crippen LogP contribution < -0.4 is 5.56 Å². The van der Waals surface area contributed by atoms with Gasteiger partial charge in [0.15, 0.2) is 0 Å². The summed E-state index contributed by atoms with van der Waals surface area (Å²) in [5.41, 5.74) is 1.11. The first-order valence-corrected chi connectivity index (χ1v) is 7.70. The van der Waals surface area contributed by atoms with Crippen LogP contribution in [-0.4, -0.2) is 35.6 Å². The lowest BCUT2D eigenvalue weighted by molar-refractivity contribution is 0.0722. The summed E-state index contributed by atoms with van der Waals surface area (Å²) in [6.45, 7) is 1.42. The average molecular weight is 332 g/mol. The molecule has 0 atom stereocenters. The van der Waals surface area contributed by atoms with E-state index < -0.39 is 0 Å². The largest absolute Gasteiger partial charge is 0.385 e. The smallest absolute Gasteiger partial charge is 0.255 e. The summed E-state index contributed by atoms with van der Waals surface area (Å²) in [5.74, 6) is -0.486. The SMILES string of the molecule is COCCCN(Cc1ccc(F)cc1)C(=O)c1ccc(=O)n(C)c1. The standard InChI is InChI=1S/C18H21FN2O3/c1-20-13-15(6-9-17(20)22)18(23)21(10-3-11-24-2)12-14-4-7-16(19)8-5-14/h4-9,13H,3,10-12H2,1-2H3. The summed E-state index contributed by atoms with van der Waals surface area (Å²) in [6, 6.07) is 8.97. The molecule has 1 aromatic carbocycles. The van der Waals surface area contributed by atoms with E-state index >= 15 is 0 Å². The van der Waals surface area contributed by atoms with Gasteiger partial charge in [0.25, 0.3) is 5.91 Å². The molecule has 0 bridgehead atoms. The van der Waals surface area contributed by atoms with Crippen molar-refractivity contribution in [2.24, 2.45) is 7.05 Å². The van der Waals surface area contributed by atoms with Gasteiger partial charge in [-0.05, 0) is 30.2 Å². The molecule has 0 aliphatic heterocycles. The summed E-state index contributed by atoms with van der Waals surface area (Å²) in [4.78, 5) is 25.9. The lowest BCUT2D eigenvalue weighted by Gasteiger charge is -2.23. The Bertz CT molecular complexity index is 741. The molecule has 128 valence electrons. The predicted molar refractivity (Wildman–Crippen MR) is 89.3 cm³/mol. The zero-order chi connectivity index (χ0) is 17.5. The molecule has 1 amide bonds. The highest BCUT2D eigenvalue weighted by Crippen LogP contribution is 2.11. The number of methoxy groups -OCH3 is 1. The first-order valence-electron chi connectivity index (χ1n) is 7.70. The molecule has 0 radical (unpaired) electrons. The fourth-order valence-electron chi connectivity index (χ4n) is 2.37. The minimum Gasteiger partial charge on any atom is -0.385 e. The molecule has 0 aliphatic carbocycles. The van der Waals surface area contributed by atoms with Gasteiger partial charge in [0.05, 0.1) is 5.56 Å². The van der Waals surface area contributed by atoms with Gasteiger partial charge in [0.2, 0.25) is 5.56 Å². The van der Waals surface area contributed by atoms with E-state index in [-0.39, 0.29) is 17.3 Å². The Hall–Kier alpha value is -2.47. The minimum atomic E-state index is -0.311. The van der Waals surface area contributed by atoms with Crippen LogP contribution in [0.1, 0.15) is 22.3 Å². The zero-order valence-corrected chi connectivity index (χ0v) is 13.9. The lowest BCUT2D eigenvalue weighted by Crippen LogP contribution is -2.33. The third-order valence-corrected chi connectivity index (χ3v) is 3.68. The minimum absolute atomic E-state index is 0.170. The van der Waals surface area contributed by atoms with Crippen LogP contribution in [0.2, 0.25) is 0 Å². The van der Waals surface area contributed by atoms with Crippen LogP contribution in [-0.2, 0) is 18.3 Å². The van der Waals surface area contributed by atoms with Crippen molar-refractivity contribution in [2.45, 2.75) is 13.0 Å². The summed E-state index contributed by atoms with van der Waals surface area (Å²) in [5, 5.41) is 0. The van der Waals surface area contributed by atoms with Gasteiger partial charge >= 0.3 is 0 Å². The van der Waals surface area contributed by atoms with E-state index in [0.717, 1.165) is 5.56 Å². The number of hydrogen-bond donors (Lipinski definition) is 0. The van der Waals surface area contributed by atoms with Crippen molar-refractivity contribution in [2.75, 3.05) is 20.3 Å². The molecule has 0 unspecified atom stereocenters. The Morgan fingerprint density at radius 3 is 2.54 bits per heavy atom. The average Bonchev–Trinajstić information content (AvgIpc) is 2.58. The highest BCUT2D eigenvalue weighted by molar-refractivity contribution is 5.93. The number of aromatic nitrogens is 1. The Labute approximate surface area is 140 Å². The van der Waals surface area contributed by atoms with Gasteiger partial charge in [-0.3, -0.25) is 9.59 Å². The lowest BCUT2D eigenvalue weighted by atomic mass is 10.1. The number of aryl methyl sites for hydroxylation is 1. The molecule has 6 heteroatoms. The van der Waals surface area contributed by atoms with Crippen molar-refractivity contribution in [1.29, 1.82) is 0 Å².